The van der Waals surface area contributed by atoms with E-state index in [9.17, 15) is 4.79 Å². The smallest absolute Gasteiger partial charge is 0.152 e. The molecule has 0 aliphatic heterocycles. The minimum atomic E-state index is 0.770. The van der Waals surface area contributed by atoms with Crippen LogP contribution in [0.2, 0.25) is 0 Å². The number of hydrogen-bond donors (Lipinski definition) is 1. The van der Waals surface area contributed by atoms with Gasteiger partial charge in [-0.3, -0.25) is 4.79 Å². The number of aromatic amines is 1. The molecule has 2 aromatic carbocycles. The molecule has 0 unspecified atom stereocenters. The second kappa shape index (κ2) is 3.20. The maximum Gasteiger partial charge on any atom is 0.152 e. The molecule has 0 saturated heterocycles. The van der Waals surface area contributed by atoms with Gasteiger partial charge in [0, 0.05) is 22.2 Å². The molecule has 0 aliphatic rings. The molecule has 2 heteroatoms. The van der Waals surface area contributed by atoms with Crippen molar-refractivity contribution in [2.75, 3.05) is 0 Å². The normalized spacial score (nSPS) is 11.1. The molecule has 0 atom stereocenters. The lowest BCUT2D eigenvalue weighted by Crippen LogP contribution is -1.81. The van der Waals surface area contributed by atoms with E-state index in [4.69, 9.17) is 0 Å². The molecule has 0 aliphatic carbocycles. The van der Waals surface area contributed by atoms with E-state index < -0.39 is 0 Å². The van der Waals surface area contributed by atoms with Crippen LogP contribution in [0.25, 0.3) is 21.7 Å². The molecule has 78 valence electrons. The number of hydrogen-bond acceptors (Lipinski definition) is 1. The summed E-state index contributed by atoms with van der Waals surface area (Å²) < 4.78 is 0. The van der Waals surface area contributed by atoms with Gasteiger partial charge in [0.1, 0.15) is 0 Å². The predicted octanol–water partition coefficient (Wildman–Crippen LogP) is 3.44. The Balaban J connectivity index is 2.62. The summed E-state index contributed by atoms with van der Waals surface area (Å²) in [6.45, 7) is 1.93. The van der Waals surface area contributed by atoms with Crippen LogP contribution < -0.4 is 0 Å². The van der Waals surface area contributed by atoms with Crippen molar-refractivity contribution < 1.29 is 4.79 Å². The number of rotatable bonds is 1. The Morgan fingerprint density at radius 1 is 1.12 bits per heavy atom. The summed E-state index contributed by atoms with van der Waals surface area (Å²) in [7, 11) is 0. The highest BCUT2D eigenvalue weighted by Crippen LogP contribution is 2.28. The molecule has 0 spiro atoms. The zero-order valence-electron chi connectivity index (χ0n) is 8.95. The van der Waals surface area contributed by atoms with Crippen LogP contribution in [0.5, 0.6) is 0 Å². The molecule has 1 heterocycles. The molecule has 0 bridgehead atoms. The summed E-state index contributed by atoms with van der Waals surface area (Å²) in [5.41, 5.74) is 2.73. The first-order valence-electron chi connectivity index (χ1n) is 5.26. The molecule has 0 saturated carbocycles. The van der Waals surface area contributed by atoms with Gasteiger partial charge in [0.05, 0.1) is 0 Å². The molecular formula is C14H11NO. The summed E-state index contributed by atoms with van der Waals surface area (Å²) in [5, 5.41) is 3.33. The summed E-state index contributed by atoms with van der Waals surface area (Å²) >= 11 is 0. The second-order valence-corrected chi connectivity index (χ2v) is 3.99. The zero-order valence-corrected chi connectivity index (χ0v) is 8.95. The maximum atomic E-state index is 11.1. The summed E-state index contributed by atoms with van der Waals surface area (Å²) in [6.07, 6.45) is 0.931. The minimum absolute atomic E-state index is 0.770. The van der Waals surface area contributed by atoms with Gasteiger partial charge in [-0.05, 0) is 23.8 Å². The number of fused-ring (bicyclic) bond motifs is 3. The van der Waals surface area contributed by atoms with Crippen LogP contribution in [0, 0.1) is 6.92 Å². The number of benzene rings is 2. The van der Waals surface area contributed by atoms with Crippen LogP contribution in [-0.2, 0) is 0 Å². The van der Waals surface area contributed by atoms with Crippen molar-refractivity contribution in [1.29, 1.82) is 0 Å². The SMILES string of the molecule is Cc1[nH]c2ccc3ccccc3c2c1C=O. The van der Waals surface area contributed by atoms with E-state index in [1.54, 1.807) is 0 Å². The van der Waals surface area contributed by atoms with Crippen LogP contribution >= 0.6 is 0 Å². The molecule has 0 fully saturated rings. The molecule has 1 aromatic heterocycles. The lowest BCUT2D eigenvalue weighted by molar-refractivity contribution is 0.112. The molecule has 3 rings (SSSR count). The van der Waals surface area contributed by atoms with Crippen molar-refractivity contribution in [1.82, 2.24) is 4.98 Å². The minimum Gasteiger partial charge on any atom is -0.358 e. The lowest BCUT2D eigenvalue weighted by atomic mass is 10.0. The Morgan fingerprint density at radius 3 is 2.75 bits per heavy atom. The second-order valence-electron chi connectivity index (χ2n) is 3.99. The highest BCUT2D eigenvalue weighted by molar-refractivity contribution is 6.14. The predicted molar refractivity (Wildman–Crippen MR) is 65.9 cm³/mol. The first-order valence-corrected chi connectivity index (χ1v) is 5.26. The fourth-order valence-electron chi connectivity index (χ4n) is 2.27. The van der Waals surface area contributed by atoms with Gasteiger partial charge < -0.3 is 4.98 Å². The number of carbonyl (C=O) groups excluding carboxylic acids is 1. The van der Waals surface area contributed by atoms with Gasteiger partial charge in [-0.15, -0.1) is 0 Å². The molecule has 2 nitrogen and oxygen atoms in total. The Hall–Kier alpha value is -2.09. The summed E-state index contributed by atoms with van der Waals surface area (Å²) in [4.78, 5) is 14.4. The third kappa shape index (κ3) is 1.10. The van der Waals surface area contributed by atoms with Crippen molar-refractivity contribution in [3.05, 3.63) is 47.7 Å². The van der Waals surface area contributed by atoms with E-state index in [1.165, 1.54) is 0 Å². The van der Waals surface area contributed by atoms with E-state index in [0.717, 1.165) is 39.2 Å². The molecule has 16 heavy (non-hydrogen) atoms. The number of aldehydes is 1. The van der Waals surface area contributed by atoms with Crippen LogP contribution in [-0.4, -0.2) is 11.3 Å². The average molecular weight is 209 g/mol. The van der Waals surface area contributed by atoms with Crippen LogP contribution in [0.3, 0.4) is 0 Å². The van der Waals surface area contributed by atoms with Gasteiger partial charge in [0.2, 0.25) is 0 Å². The van der Waals surface area contributed by atoms with E-state index in [-0.39, 0.29) is 0 Å². The Kier molecular flexibility index (Phi) is 1.83. The molecule has 3 aromatic rings. The number of aryl methyl sites for hydroxylation is 1. The standard InChI is InChI=1S/C14H11NO/c1-9-12(8-16)14-11-5-3-2-4-10(11)6-7-13(14)15-9/h2-8,15H,1H3. The monoisotopic (exact) mass is 209 g/mol. The average Bonchev–Trinajstić information content (AvgIpc) is 2.65. The van der Waals surface area contributed by atoms with Crippen molar-refractivity contribution in [2.45, 2.75) is 6.92 Å². The van der Waals surface area contributed by atoms with Crippen molar-refractivity contribution >= 4 is 28.0 Å². The molecule has 1 N–H and O–H groups in total. The zero-order chi connectivity index (χ0) is 11.1. The highest BCUT2D eigenvalue weighted by atomic mass is 16.1. The fourth-order valence-corrected chi connectivity index (χ4v) is 2.27. The van der Waals surface area contributed by atoms with E-state index in [2.05, 4.69) is 23.2 Å². The van der Waals surface area contributed by atoms with Crippen LogP contribution in [0.1, 0.15) is 16.1 Å². The third-order valence-electron chi connectivity index (χ3n) is 3.04. The number of nitrogens with one attached hydrogen (secondary N) is 1. The van der Waals surface area contributed by atoms with E-state index in [0.29, 0.717) is 0 Å². The van der Waals surface area contributed by atoms with Crippen molar-refractivity contribution in [3.8, 4) is 0 Å². The Labute approximate surface area is 92.9 Å². The van der Waals surface area contributed by atoms with Gasteiger partial charge in [0.15, 0.2) is 6.29 Å². The number of H-pyrrole nitrogens is 1. The maximum absolute atomic E-state index is 11.1. The van der Waals surface area contributed by atoms with E-state index in [1.807, 2.05) is 25.1 Å². The van der Waals surface area contributed by atoms with Crippen LogP contribution in [0.15, 0.2) is 36.4 Å². The first-order chi connectivity index (χ1) is 7.81. The van der Waals surface area contributed by atoms with Gasteiger partial charge in [0.25, 0.3) is 0 Å². The van der Waals surface area contributed by atoms with Crippen molar-refractivity contribution in [2.24, 2.45) is 0 Å². The summed E-state index contributed by atoms with van der Waals surface area (Å²) in [6, 6.07) is 12.2. The molecule has 0 radical (unpaired) electrons. The number of carbonyl (C=O) groups is 1. The number of aromatic nitrogens is 1. The van der Waals surface area contributed by atoms with Gasteiger partial charge in [-0.2, -0.15) is 0 Å². The quantitative estimate of drug-likeness (QED) is 0.612. The molecular weight excluding hydrogens is 198 g/mol. The Morgan fingerprint density at radius 2 is 1.94 bits per heavy atom. The van der Waals surface area contributed by atoms with Gasteiger partial charge in [-0.1, -0.05) is 30.3 Å². The lowest BCUT2D eigenvalue weighted by Gasteiger charge is -1.99. The van der Waals surface area contributed by atoms with E-state index >= 15 is 0 Å². The fraction of sp³-hybridized carbons (Fsp3) is 0.0714. The topological polar surface area (TPSA) is 32.9 Å². The van der Waals surface area contributed by atoms with Crippen LogP contribution in [0.4, 0.5) is 0 Å². The molecule has 0 amide bonds. The largest absolute Gasteiger partial charge is 0.358 e. The third-order valence-corrected chi connectivity index (χ3v) is 3.04. The summed E-state index contributed by atoms with van der Waals surface area (Å²) in [5.74, 6) is 0. The highest BCUT2D eigenvalue weighted by Gasteiger charge is 2.09. The Bertz CT molecular complexity index is 694. The van der Waals surface area contributed by atoms with Gasteiger partial charge >= 0.3 is 0 Å². The van der Waals surface area contributed by atoms with Crippen molar-refractivity contribution in [3.63, 3.8) is 0 Å². The first kappa shape index (κ1) is 9.16. The van der Waals surface area contributed by atoms with Gasteiger partial charge in [-0.25, -0.2) is 0 Å².